The standard InChI is InChI=1S/C13H20N2O2.ClH/c1-2-3-4-5-10-17-11-15-8-6-12(7-9-15)13(14)16;/h6-9H,2-5,10-11H2,1H3,(H-,14,16);1H. The molecule has 0 bridgehead atoms. The van der Waals surface area contributed by atoms with Crippen LogP contribution in [0.1, 0.15) is 43.0 Å². The summed E-state index contributed by atoms with van der Waals surface area (Å²) in [5.41, 5.74) is 5.67. The number of halogens is 1. The van der Waals surface area contributed by atoms with Gasteiger partial charge in [-0.1, -0.05) is 26.2 Å². The van der Waals surface area contributed by atoms with Crippen molar-refractivity contribution in [3.05, 3.63) is 30.1 Å². The van der Waals surface area contributed by atoms with Gasteiger partial charge in [-0.15, -0.1) is 0 Å². The Morgan fingerprint density at radius 1 is 1.28 bits per heavy atom. The minimum absolute atomic E-state index is 0. The summed E-state index contributed by atoms with van der Waals surface area (Å²) in [4.78, 5) is 10.9. The van der Waals surface area contributed by atoms with Crippen LogP contribution in [0, 0.1) is 0 Å². The third-order valence-electron chi connectivity index (χ3n) is 2.56. The number of carbonyl (C=O) groups excluding carboxylic acids is 1. The third kappa shape index (κ3) is 6.57. The number of hydrogen-bond donors (Lipinski definition) is 1. The van der Waals surface area contributed by atoms with Gasteiger partial charge in [0.25, 0.3) is 6.73 Å². The monoisotopic (exact) mass is 272 g/mol. The number of nitrogens with zero attached hydrogens (tertiary/aromatic N) is 1. The molecule has 0 spiro atoms. The van der Waals surface area contributed by atoms with Crippen LogP contribution >= 0.6 is 0 Å². The Labute approximate surface area is 115 Å². The van der Waals surface area contributed by atoms with Crippen molar-refractivity contribution in [2.75, 3.05) is 6.61 Å². The van der Waals surface area contributed by atoms with Crippen LogP contribution in [0.15, 0.2) is 24.5 Å². The van der Waals surface area contributed by atoms with E-state index in [4.69, 9.17) is 10.5 Å². The molecule has 0 aliphatic carbocycles. The summed E-state index contributed by atoms with van der Waals surface area (Å²) >= 11 is 0. The van der Waals surface area contributed by atoms with Gasteiger partial charge in [-0.2, -0.15) is 4.57 Å². The van der Waals surface area contributed by atoms with E-state index in [1.54, 1.807) is 24.5 Å². The molecule has 1 amide bonds. The van der Waals surface area contributed by atoms with Gasteiger partial charge in [0.1, 0.15) is 0 Å². The molecule has 1 aromatic heterocycles. The van der Waals surface area contributed by atoms with Crippen molar-refractivity contribution in [1.82, 2.24) is 0 Å². The summed E-state index contributed by atoms with van der Waals surface area (Å²) in [6, 6.07) is 3.39. The lowest BCUT2D eigenvalue weighted by Gasteiger charge is -2.01. The molecule has 102 valence electrons. The van der Waals surface area contributed by atoms with Gasteiger partial charge in [-0.25, -0.2) is 0 Å². The van der Waals surface area contributed by atoms with Crippen LogP contribution in [0.2, 0.25) is 0 Å². The molecule has 0 saturated carbocycles. The predicted molar refractivity (Wildman–Crippen MR) is 65.2 cm³/mol. The number of carbonyl (C=O) groups is 1. The molecule has 1 heterocycles. The summed E-state index contributed by atoms with van der Waals surface area (Å²) in [7, 11) is 0. The van der Waals surface area contributed by atoms with E-state index in [0.29, 0.717) is 12.3 Å². The van der Waals surface area contributed by atoms with Crippen molar-refractivity contribution >= 4 is 5.91 Å². The number of aromatic nitrogens is 1. The summed E-state index contributed by atoms with van der Waals surface area (Å²) < 4.78 is 7.39. The zero-order valence-corrected chi connectivity index (χ0v) is 11.5. The van der Waals surface area contributed by atoms with Crippen LogP contribution < -0.4 is 22.7 Å². The molecule has 0 unspecified atom stereocenters. The van der Waals surface area contributed by atoms with Gasteiger partial charge in [0.15, 0.2) is 12.4 Å². The minimum atomic E-state index is -0.405. The van der Waals surface area contributed by atoms with Gasteiger partial charge < -0.3 is 22.9 Å². The van der Waals surface area contributed by atoms with Crippen molar-refractivity contribution in [2.24, 2.45) is 5.73 Å². The van der Waals surface area contributed by atoms with Crippen LogP contribution in [0.5, 0.6) is 0 Å². The lowest BCUT2D eigenvalue weighted by Crippen LogP contribution is -3.00. The first-order valence-electron chi connectivity index (χ1n) is 6.10. The quantitative estimate of drug-likeness (QED) is 0.469. The average molecular weight is 273 g/mol. The van der Waals surface area contributed by atoms with E-state index >= 15 is 0 Å². The molecular formula is C13H21ClN2O2. The highest BCUT2D eigenvalue weighted by Gasteiger charge is 2.04. The second-order valence-electron chi connectivity index (χ2n) is 4.06. The Morgan fingerprint density at radius 3 is 2.50 bits per heavy atom. The van der Waals surface area contributed by atoms with Crippen LogP contribution in [-0.2, 0) is 11.5 Å². The molecule has 18 heavy (non-hydrogen) atoms. The molecule has 0 atom stereocenters. The second kappa shape index (κ2) is 9.85. The second-order valence-corrected chi connectivity index (χ2v) is 4.06. The van der Waals surface area contributed by atoms with Crippen molar-refractivity contribution < 1.29 is 26.5 Å². The number of amides is 1. The van der Waals surface area contributed by atoms with E-state index in [1.807, 2.05) is 4.57 Å². The fourth-order valence-corrected chi connectivity index (χ4v) is 1.51. The molecule has 0 aromatic carbocycles. The summed E-state index contributed by atoms with van der Waals surface area (Å²) in [5, 5.41) is 0. The predicted octanol–water partition coefficient (Wildman–Crippen LogP) is -1.37. The molecule has 0 aliphatic rings. The molecule has 1 rings (SSSR count). The normalized spacial score (nSPS) is 9.83. The summed E-state index contributed by atoms with van der Waals surface area (Å²) in [5.74, 6) is -0.405. The lowest BCUT2D eigenvalue weighted by molar-refractivity contribution is -0.732. The first-order valence-corrected chi connectivity index (χ1v) is 6.10. The van der Waals surface area contributed by atoms with E-state index in [0.717, 1.165) is 13.0 Å². The highest BCUT2D eigenvalue weighted by atomic mass is 35.5. The van der Waals surface area contributed by atoms with Crippen LogP contribution in [0.4, 0.5) is 0 Å². The Hall–Kier alpha value is -1.13. The molecule has 0 fully saturated rings. The maximum absolute atomic E-state index is 10.9. The molecule has 0 aliphatic heterocycles. The molecular weight excluding hydrogens is 252 g/mol. The number of hydrogen-bond acceptors (Lipinski definition) is 2. The van der Waals surface area contributed by atoms with E-state index in [2.05, 4.69) is 6.92 Å². The van der Waals surface area contributed by atoms with E-state index in [-0.39, 0.29) is 12.4 Å². The first-order chi connectivity index (χ1) is 8.24. The maximum Gasteiger partial charge on any atom is 0.252 e. The SMILES string of the molecule is CCCCCCOC[n+]1ccc(C(N)=O)cc1.[Cl-]. The number of nitrogens with two attached hydrogens (primary N) is 1. The van der Waals surface area contributed by atoms with Gasteiger partial charge in [0, 0.05) is 12.1 Å². The zero-order valence-electron chi connectivity index (χ0n) is 10.8. The van der Waals surface area contributed by atoms with Crippen LogP contribution in [0.25, 0.3) is 0 Å². The summed E-state index contributed by atoms with van der Waals surface area (Å²) in [6.45, 7) is 3.49. The number of primary amides is 1. The molecule has 4 nitrogen and oxygen atoms in total. The number of pyridine rings is 1. The molecule has 1 aromatic rings. The fourth-order valence-electron chi connectivity index (χ4n) is 1.51. The highest BCUT2D eigenvalue weighted by molar-refractivity contribution is 5.92. The van der Waals surface area contributed by atoms with Crippen molar-refractivity contribution in [1.29, 1.82) is 0 Å². The third-order valence-corrected chi connectivity index (χ3v) is 2.56. The zero-order chi connectivity index (χ0) is 12.5. The van der Waals surface area contributed by atoms with Gasteiger partial charge in [-0.3, -0.25) is 4.79 Å². The minimum Gasteiger partial charge on any atom is -1.00 e. The fraction of sp³-hybridized carbons (Fsp3) is 0.538. The van der Waals surface area contributed by atoms with Crippen molar-refractivity contribution in [3.8, 4) is 0 Å². The molecule has 0 radical (unpaired) electrons. The Bertz CT molecular complexity index is 341. The van der Waals surface area contributed by atoms with Gasteiger partial charge >= 0.3 is 0 Å². The van der Waals surface area contributed by atoms with E-state index < -0.39 is 5.91 Å². The average Bonchev–Trinajstić information content (AvgIpc) is 2.34. The smallest absolute Gasteiger partial charge is 0.252 e. The Morgan fingerprint density at radius 2 is 1.94 bits per heavy atom. The van der Waals surface area contributed by atoms with Crippen molar-refractivity contribution in [2.45, 2.75) is 39.3 Å². The Balaban J connectivity index is 0.00000289. The lowest BCUT2D eigenvalue weighted by atomic mass is 10.2. The maximum atomic E-state index is 10.9. The van der Waals surface area contributed by atoms with Gasteiger partial charge in [0.05, 0.1) is 12.2 Å². The topological polar surface area (TPSA) is 56.2 Å². The molecule has 5 heteroatoms. The molecule has 0 saturated heterocycles. The van der Waals surface area contributed by atoms with Gasteiger partial charge in [0.2, 0.25) is 5.91 Å². The van der Waals surface area contributed by atoms with Crippen LogP contribution in [-0.4, -0.2) is 12.5 Å². The number of unbranched alkanes of at least 4 members (excludes halogenated alkanes) is 3. The number of ether oxygens (including phenoxy) is 1. The number of rotatable bonds is 8. The van der Waals surface area contributed by atoms with E-state index in [1.165, 1.54) is 19.3 Å². The first kappa shape index (κ1) is 16.9. The van der Waals surface area contributed by atoms with Gasteiger partial charge in [-0.05, 0) is 6.42 Å². The van der Waals surface area contributed by atoms with Crippen molar-refractivity contribution in [3.63, 3.8) is 0 Å². The molecule has 2 N–H and O–H groups in total. The van der Waals surface area contributed by atoms with Crippen LogP contribution in [0.3, 0.4) is 0 Å². The summed E-state index contributed by atoms with van der Waals surface area (Å²) in [6.07, 6.45) is 8.43. The highest BCUT2D eigenvalue weighted by Crippen LogP contribution is 1.98. The largest absolute Gasteiger partial charge is 1.00 e. The van der Waals surface area contributed by atoms with E-state index in [9.17, 15) is 4.79 Å². The Kier molecular flexibility index (Phi) is 9.24.